The van der Waals surface area contributed by atoms with E-state index in [0.717, 1.165) is 42.0 Å². The average Bonchev–Trinajstić information content (AvgIpc) is 3.03. The summed E-state index contributed by atoms with van der Waals surface area (Å²) >= 11 is 0. The van der Waals surface area contributed by atoms with Crippen molar-refractivity contribution in [2.24, 2.45) is 0 Å². The van der Waals surface area contributed by atoms with E-state index < -0.39 is 34.3 Å². The van der Waals surface area contributed by atoms with Crippen LogP contribution in [0.4, 0.5) is 10.1 Å². The number of anilines is 1. The van der Waals surface area contributed by atoms with Crippen LogP contribution in [-0.2, 0) is 26.2 Å². The van der Waals surface area contributed by atoms with Crippen LogP contribution in [0, 0.1) is 12.7 Å². The molecule has 1 aliphatic rings. The number of hydrogen-bond acceptors (Lipinski definition) is 6. The van der Waals surface area contributed by atoms with Gasteiger partial charge >= 0.3 is 0 Å². The maximum Gasteiger partial charge on any atom is 0.264 e. The van der Waals surface area contributed by atoms with E-state index >= 15 is 0 Å². The Morgan fingerprint density at radius 3 is 2.25 bits per heavy atom. The summed E-state index contributed by atoms with van der Waals surface area (Å²) < 4.78 is 54.7. The van der Waals surface area contributed by atoms with Crippen molar-refractivity contribution in [1.82, 2.24) is 10.2 Å². The fraction of sp³-hybridized carbons (Fsp3) is 0.394. The summed E-state index contributed by atoms with van der Waals surface area (Å²) in [6.45, 7) is 2.60. The molecule has 1 N–H and O–H groups in total. The molecule has 1 saturated carbocycles. The highest BCUT2D eigenvalue weighted by atomic mass is 32.2. The molecule has 0 heterocycles. The number of aryl methyl sites for hydroxylation is 1. The zero-order chi connectivity index (χ0) is 31.9. The van der Waals surface area contributed by atoms with Gasteiger partial charge in [0.1, 0.15) is 18.4 Å². The minimum Gasteiger partial charge on any atom is -0.493 e. The summed E-state index contributed by atoms with van der Waals surface area (Å²) in [6, 6.07) is 15.9. The summed E-state index contributed by atoms with van der Waals surface area (Å²) in [7, 11) is -1.48. The number of amides is 2. The van der Waals surface area contributed by atoms with Crippen LogP contribution < -0.4 is 19.1 Å². The Morgan fingerprint density at radius 1 is 0.955 bits per heavy atom. The summed E-state index contributed by atoms with van der Waals surface area (Å²) in [5, 5.41) is 3.04. The van der Waals surface area contributed by atoms with Gasteiger partial charge < -0.3 is 19.7 Å². The lowest BCUT2D eigenvalue weighted by molar-refractivity contribution is -0.139. The molecule has 0 spiro atoms. The number of carbonyl (C=O) groups is 2. The number of benzene rings is 3. The summed E-state index contributed by atoms with van der Waals surface area (Å²) in [4.78, 5) is 28.7. The number of ether oxygens (including phenoxy) is 2. The van der Waals surface area contributed by atoms with Gasteiger partial charge in [-0.3, -0.25) is 13.9 Å². The van der Waals surface area contributed by atoms with Crippen LogP contribution in [-0.4, -0.2) is 58.0 Å². The highest BCUT2D eigenvalue weighted by molar-refractivity contribution is 7.92. The molecule has 0 aromatic heterocycles. The lowest BCUT2D eigenvalue weighted by Crippen LogP contribution is -2.53. The summed E-state index contributed by atoms with van der Waals surface area (Å²) in [5.41, 5.74) is 1.37. The normalized spacial score (nSPS) is 14.4. The first-order valence-corrected chi connectivity index (χ1v) is 16.1. The zero-order valence-electron chi connectivity index (χ0n) is 25.6. The number of rotatable bonds is 12. The van der Waals surface area contributed by atoms with Crippen LogP contribution in [0.15, 0.2) is 71.6 Å². The van der Waals surface area contributed by atoms with Gasteiger partial charge in [-0.05, 0) is 57.0 Å². The van der Waals surface area contributed by atoms with Crippen LogP contribution in [0.1, 0.15) is 50.2 Å². The molecule has 0 bridgehead atoms. The minimum atomic E-state index is -4.33. The molecule has 0 saturated heterocycles. The fourth-order valence-electron chi connectivity index (χ4n) is 5.31. The SMILES string of the molecule is COc1ccc(S(=O)(=O)N(CC(=O)N(Cc2ccccc2F)[C@@H](C)C(=O)NC2CCCCC2)c2ccc(C)cc2)cc1OC. The molecule has 3 aromatic rings. The molecule has 2 amide bonds. The average molecular weight is 626 g/mol. The Balaban J connectivity index is 1.71. The molecule has 1 fully saturated rings. The third-order valence-corrected chi connectivity index (χ3v) is 9.73. The summed E-state index contributed by atoms with van der Waals surface area (Å²) in [6.07, 6.45) is 4.84. The molecule has 1 aliphatic carbocycles. The van der Waals surface area contributed by atoms with Gasteiger partial charge in [-0.15, -0.1) is 0 Å². The molecule has 44 heavy (non-hydrogen) atoms. The van der Waals surface area contributed by atoms with Gasteiger partial charge in [0, 0.05) is 24.2 Å². The van der Waals surface area contributed by atoms with Crippen molar-refractivity contribution < 1.29 is 31.9 Å². The molecule has 9 nitrogen and oxygen atoms in total. The highest BCUT2D eigenvalue weighted by Crippen LogP contribution is 2.32. The van der Waals surface area contributed by atoms with E-state index in [1.54, 1.807) is 49.4 Å². The highest BCUT2D eigenvalue weighted by Gasteiger charge is 2.34. The van der Waals surface area contributed by atoms with E-state index in [0.29, 0.717) is 5.75 Å². The third-order valence-electron chi connectivity index (χ3n) is 7.96. The van der Waals surface area contributed by atoms with Crippen molar-refractivity contribution in [3.05, 3.63) is 83.7 Å². The Labute approximate surface area is 259 Å². The van der Waals surface area contributed by atoms with Crippen LogP contribution in [0.5, 0.6) is 11.5 Å². The fourth-order valence-corrected chi connectivity index (χ4v) is 6.74. The predicted octanol–water partition coefficient (Wildman–Crippen LogP) is 5.21. The zero-order valence-corrected chi connectivity index (χ0v) is 26.4. The largest absolute Gasteiger partial charge is 0.493 e. The van der Waals surface area contributed by atoms with E-state index in [2.05, 4.69) is 5.32 Å². The van der Waals surface area contributed by atoms with Crippen molar-refractivity contribution in [2.75, 3.05) is 25.1 Å². The topological polar surface area (TPSA) is 105 Å². The van der Waals surface area contributed by atoms with Crippen LogP contribution in [0.3, 0.4) is 0 Å². The minimum absolute atomic E-state index is 0.00130. The van der Waals surface area contributed by atoms with E-state index in [9.17, 15) is 22.4 Å². The van der Waals surface area contributed by atoms with Gasteiger partial charge in [-0.2, -0.15) is 0 Å². The smallest absolute Gasteiger partial charge is 0.264 e. The number of methoxy groups -OCH3 is 2. The Hall–Kier alpha value is -4.12. The van der Waals surface area contributed by atoms with Gasteiger partial charge in [-0.25, -0.2) is 12.8 Å². The Kier molecular flexibility index (Phi) is 10.9. The molecule has 0 radical (unpaired) electrons. The molecular formula is C33H40FN3O6S. The number of carbonyl (C=O) groups excluding carboxylic acids is 2. The van der Waals surface area contributed by atoms with E-state index in [1.165, 1.54) is 43.4 Å². The number of nitrogens with zero attached hydrogens (tertiary/aromatic N) is 2. The van der Waals surface area contributed by atoms with Crippen LogP contribution in [0.2, 0.25) is 0 Å². The van der Waals surface area contributed by atoms with E-state index in [1.807, 2.05) is 6.92 Å². The van der Waals surface area contributed by atoms with Crippen LogP contribution in [0.25, 0.3) is 0 Å². The van der Waals surface area contributed by atoms with Crippen molar-refractivity contribution in [2.45, 2.75) is 69.5 Å². The van der Waals surface area contributed by atoms with Crippen molar-refractivity contribution in [3.8, 4) is 11.5 Å². The Bertz CT molecular complexity index is 1560. The van der Waals surface area contributed by atoms with Crippen LogP contribution >= 0.6 is 0 Å². The standard InChI is InChI=1S/C33H40FN3O6S/c1-23-14-16-27(17-15-23)37(44(40,41)28-18-19-30(42-3)31(20-28)43-4)22-32(38)36(21-25-10-8-9-13-29(25)34)24(2)33(39)35-26-11-6-5-7-12-26/h8-10,13-20,24,26H,5-7,11-12,21-22H2,1-4H3,(H,35,39)/t24-/m0/s1. The first-order chi connectivity index (χ1) is 21.0. The van der Waals surface area contributed by atoms with E-state index in [-0.39, 0.29) is 40.4 Å². The molecule has 4 rings (SSSR count). The van der Waals surface area contributed by atoms with Gasteiger partial charge in [0.05, 0.1) is 24.8 Å². The lowest BCUT2D eigenvalue weighted by atomic mass is 9.95. The molecule has 0 unspecified atom stereocenters. The van der Waals surface area contributed by atoms with Gasteiger partial charge in [0.25, 0.3) is 10.0 Å². The number of sulfonamides is 1. The maximum atomic E-state index is 14.8. The van der Waals surface area contributed by atoms with Crippen molar-refractivity contribution in [3.63, 3.8) is 0 Å². The van der Waals surface area contributed by atoms with Gasteiger partial charge in [0.2, 0.25) is 11.8 Å². The second-order valence-electron chi connectivity index (χ2n) is 11.0. The lowest BCUT2D eigenvalue weighted by Gasteiger charge is -2.33. The maximum absolute atomic E-state index is 14.8. The molecule has 0 aliphatic heterocycles. The first kappa shape index (κ1) is 32.8. The molecule has 11 heteroatoms. The van der Waals surface area contributed by atoms with Crippen molar-refractivity contribution >= 4 is 27.5 Å². The molecular weight excluding hydrogens is 585 g/mol. The Morgan fingerprint density at radius 2 is 1.61 bits per heavy atom. The number of hydrogen-bond donors (Lipinski definition) is 1. The van der Waals surface area contributed by atoms with E-state index in [4.69, 9.17) is 9.47 Å². The third kappa shape index (κ3) is 7.68. The summed E-state index contributed by atoms with van der Waals surface area (Å²) in [5.74, 6) is -1.01. The van der Waals surface area contributed by atoms with Crippen molar-refractivity contribution in [1.29, 1.82) is 0 Å². The van der Waals surface area contributed by atoms with Gasteiger partial charge in [-0.1, -0.05) is 55.2 Å². The molecule has 236 valence electrons. The number of nitrogens with one attached hydrogen (secondary N) is 1. The number of halogens is 1. The monoisotopic (exact) mass is 625 g/mol. The first-order valence-electron chi connectivity index (χ1n) is 14.7. The predicted molar refractivity (Wildman–Crippen MR) is 167 cm³/mol. The molecule has 3 aromatic carbocycles. The second-order valence-corrected chi connectivity index (χ2v) is 12.9. The second kappa shape index (κ2) is 14.6. The molecule has 1 atom stereocenters. The quantitative estimate of drug-likeness (QED) is 0.296. The van der Waals surface area contributed by atoms with Gasteiger partial charge in [0.15, 0.2) is 11.5 Å².